The molecule has 0 saturated heterocycles. The standard InChI is InChI=1S/C92H84N12O16.Zn/c1-9-61-13-5-29-93-81(61)77(17-1)117-53-45-109-37-33-105-41-49-113-65-21-25-69-73(57-65)89-97-85(69)102-90-75-59-67(115-51-43-107-35-39-111-47-55-119-79-19-3-11-63-15-7-31-95-83(63)79)23-27-71(75)87(99-90)104-92-76-60-68(116-52-44-108-36-40-112-48-56-120-80-20-4-12-64-16-8-32-96-84(64)80)24-28-72(76)88(100-92)103-91-74-58-66(22-26-70(74)86(98-91)101-89)114-50-42-106-34-38-110-46-54-118-78-18-2-10-62-14-6-30-94-82(62)78;/h1-32,57-60H,33-56H2;/q-2;+2. The Balaban J connectivity index is 0.0000109. The Bertz CT molecular complexity index is 5830. The summed E-state index contributed by atoms with van der Waals surface area (Å²) in [6.45, 7) is 8.03. The van der Waals surface area contributed by atoms with Gasteiger partial charge in [-0.3, -0.25) is 19.9 Å². The van der Waals surface area contributed by atoms with Gasteiger partial charge in [-0.15, -0.1) is 0 Å². The number of benzene rings is 8. The van der Waals surface area contributed by atoms with Gasteiger partial charge in [0.1, 0.15) is 121 Å². The topological polar surface area (TPSA) is 305 Å². The number of fused-ring (bicyclic) bond motifs is 24. The SMILES string of the molecule is [Zn+2].c1cnc2c(OCCOCCOCCOc3ccc4c(c3)-c3nc-4nc4[n-]c(nc5nc(nc6[n-]c(n3)c3ccc(OCCOCCOCCOc7cccc8cccnc78)cc63)-c3ccc(OCCOCCOCCOc6cccc7cccnc67)cc3-5)c3ccc(OCCOCCOCCOc5cccc6cccnc56)cc43)cccc2c1. The van der Waals surface area contributed by atoms with Crippen molar-refractivity contribution in [2.75, 3.05) is 159 Å². The van der Waals surface area contributed by atoms with E-state index < -0.39 is 0 Å². The second kappa shape index (κ2) is 41.4. The van der Waals surface area contributed by atoms with Crippen LogP contribution in [0.5, 0.6) is 46.0 Å². The van der Waals surface area contributed by atoms with Crippen LogP contribution in [-0.2, 0) is 57.4 Å². The summed E-state index contributed by atoms with van der Waals surface area (Å²) in [6.07, 6.45) is 7.02. The first kappa shape index (κ1) is 82.2. The van der Waals surface area contributed by atoms with Crippen LogP contribution >= 0.6 is 0 Å². The third-order valence-electron chi connectivity index (χ3n) is 19.4. The predicted molar refractivity (Wildman–Crippen MR) is 451 cm³/mol. The fraction of sp³-hybridized carbons (Fsp3) is 0.261. The van der Waals surface area contributed by atoms with E-state index in [9.17, 15) is 0 Å². The van der Waals surface area contributed by atoms with Gasteiger partial charge in [0.25, 0.3) is 0 Å². The van der Waals surface area contributed by atoms with Crippen LogP contribution < -0.4 is 47.9 Å². The molecule has 15 aromatic rings. The zero-order valence-electron chi connectivity index (χ0n) is 66.4. The van der Waals surface area contributed by atoms with E-state index >= 15 is 0 Å². The average Bonchev–Trinajstić information content (AvgIpc) is 1.60. The molecular weight excluding hydrogens is 1590 g/mol. The molecule has 121 heavy (non-hydrogen) atoms. The van der Waals surface area contributed by atoms with Crippen molar-refractivity contribution in [3.8, 4) is 91.5 Å². The number of hydrogen-bond donors (Lipinski definition) is 0. The van der Waals surface area contributed by atoms with Crippen molar-refractivity contribution in [1.82, 2.24) is 59.8 Å². The van der Waals surface area contributed by atoms with Crippen LogP contribution in [0.3, 0.4) is 0 Å². The van der Waals surface area contributed by atoms with Crippen LogP contribution in [0.25, 0.3) is 133 Å². The molecule has 0 spiro atoms. The van der Waals surface area contributed by atoms with Gasteiger partial charge < -0.3 is 106 Å². The predicted octanol–water partition coefficient (Wildman–Crippen LogP) is 14.3. The molecule has 0 unspecified atom stereocenters. The molecule has 2 aliphatic heterocycles. The normalized spacial score (nSPS) is 11.6. The molecule has 17 rings (SSSR count). The summed E-state index contributed by atoms with van der Waals surface area (Å²) in [7, 11) is 0. The van der Waals surface area contributed by atoms with E-state index in [1.165, 1.54) is 0 Å². The van der Waals surface area contributed by atoms with Crippen LogP contribution in [0.15, 0.2) is 219 Å². The van der Waals surface area contributed by atoms with Crippen LogP contribution in [0.1, 0.15) is 0 Å². The zero-order chi connectivity index (χ0) is 80.7. The molecule has 610 valence electrons. The van der Waals surface area contributed by atoms with E-state index in [4.69, 9.17) is 116 Å². The first-order valence-corrected chi connectivity index (χ1v) is 39.8. The van der Waals surface area contributed by atoms with Crippen molar-refractivity contribution in [1.29, 1.82) is 0 Å². The molecule has 2 aliphatic rings. The summed E-state index contributed by atoms with van der Waals surface area (Å²) in [6, 6.07) is 61.8. The fourth-order valence-corrected chi connectivity index (χ4v) is 13.7. The largest absolute Gasteiger partial charge is 2.00 e. The Labute approximate surface area is 707 Å². The van der Waals surface area contributed by atoms with E-state index in [1.54, 1.807) is 24.8 Å². The summed E-state index contributed by atoms with van der Waals surface area (Å²) >= 11 is 0. The Morgan fingerprint density at radius 3 is 0.744 bits per heavy atom. The number of hydrogen-bond acceptors (Lipinski definition) is 26. The van der Waals surface area contributed by atoms with Crippen molar-refractivity contribution in [3.63, 3.8) is 0 Å². The van der Waals surface area contributed by atoms with Crippen molar-refractivity contribution in [3.05, 3.63) is 219 Å². The maximum absolute atomic E-state index is 6.36. The Morgan fingerprint density at radius 1 is 0.207 bits per heavy atom. The minimum Gasteiger partial charge on any atom is -0.491 e. The fourth-order valence-electron chi connectivity index (χ4n) is 13.7. The van der Waals surface area contributed by atoms with Gasteiger partial charge in [-0.1, -0.05) is 72.8 Å². The average molecular weight is 1680 g/mol. The van der Waals surface area contributed by atoms with E-state index in [1.807, 2.05) is 194 Å². The van der Waals surface area contributed by atoms with E-state index in [0.29, 0.717) is 268 Å². The summed E-state index contributed by atoms with van der Waals surface area (Å²) in [4.78, 5) is 59.8. The van der Waals surface area contributed by atoms with Gasteiger partial charge in [0.2, 0.25) is 0 Å². The minimum atomic E-state index is 0. The monoisotopic (exact) mass is 1680 g/mol. The third-order valence-corrected chi connectivity index (χ3v) is 19.4. The molecule has 0 saturated carbocycles. The van der Waals surface area contributed by atoms with Gasteiger partial charge >= 0.3 is 19.5 Å². The number of ether oxygens (including phenoxy) is 16. The number of rotatable bonds is 44. The molecule has 8 bridgehead atoms. The van der Waals surface area contributed by atoms with Gasteiger partial charge in [0.15, 0.2) is 0 Å². The zero-order valence-corrected chi connectivity index (χ0v) is 69.3. The summed E-state index contributed by atoms with van der Waals surface area (Å²) in [5.74, 6) is 6.36. The first-order chi connectivity index (χ1) is 59.5. The molecule has 0 N–H and O–H groups in total. The first-order valence-electron chi connectivity index (χ1n) is 39.8. The molecule has 0 fully saturated rings. The van der Waals surface area contributed by atoms with E-state index in [0.717, 1.165) is 43.6 Å². The molecule has 28 nitrogen and oxygen atoms in total. The summed E-state index contributed by atoms with van der Waals surface area (Å²) in [5.41, 5.74) is 7.16. The van der Waals surface area contributed by atoms with Crippen LogP contribution in [0.4, 0.5) is 0 Å². The molecule has 8 aromatic carbocycles. The molecule has 0 atom stereocenters. The molecular formula is C92H84N12O16Zn. The van der Waals surface area contributed by atoms with Crippen molar-refractivity contribution in [2.45, 2.75) is 0 Å². The van der Waals surface area contributed by atoms with Gasteiger partial charge in [-0.2, -0.15) is 0 Å². The summed E-state index contributed by atoms with van der Waals surface area (Å²) in [5, 5.41) is 6.65. The van der Waals surface area contributed by atoms with Crippen molar-refractivity contribution in [2.24, 2.45) is 0 Å². The molecule has 29 heteroatoms. The Kier molecular flexibility index (Phi) is 28.1. The number of para-hydroxylation sites is 4. The molecule has 0 amide bonds. The van der Waals surface area contributed by atoms with Crippen molar-refractivity contribution >= 4 is 87.7 Å². The minimum absolute atomic E-state index is 0. The van der Waals surface area contributed by atoms with Crippen molar-refractivity contribution < 1.29 is 95.3 Å². The quantitative estimate of drug-likeness (QED) is 0.0253. The number of pyridine rings is 4. The molecule has 0 aliphatic carbocycles. The van der Waals surface area contributed by atoms with Gasteiger partial charge in [0, 0.05) is 91.2 Å². The Hall–Kier alpha value is -12.5. The second-order valence-corrected chi connectivity index (χ2v) is 27.3. The number of aromatic nitrogens is 12. The maximum Gasteiger partial charge on any atom is 2.00 e. The molecule has 0 radical (unpaired) electrons. The van der Waals surface area contributed by atoms with Gasteiger partial charge in [-0.05, 0) is 143 Å². The van der Waals surface area contributed by atoms with Gasteiger partial charge in [0.05, 0.1) is 129 Å². The number of nitrogens with zero attached hydrogens (tertiary/aromatic N) is 12. The Morgan fingerprint density at radius 2 is 0.446 bits per heavy atom. The van der Waals surface area contributed by atoms with Crippen LogP contribution in [-0.4, -0.2) is 208 Å². The van der Waals surface area contributed by atoms with Crippen LogP contribution in [0, 0.1) is 0 Å². The second-order valence-electron chi connectivity index (χ2n) is 27.3. The summed E-state index contributed by atoms with van der Waals surface area (Å²) < 4.78 is 96.6. The molecule has 7 aromatic heterocycles. The third kappa shape index (κ3) is 20.8. The smallest absolute Gasteiger partial charge is 0.491 e. The van der Waals surface area contributed by atoms with E-state index in [2.05, 4.69) is 19.9 Å². The maximum atomic E-state index is 6.36. The van der Waals surface area contributed by atoms with E-state index in [-0.39, 0.29) is 45.9 Å². The van der Waals surface area contributed by atoms with Crippen LogP contribution in [0.2, 0.25) is 0 Å². The van der Waals surface area contributed by atoms with Gasteiger partial charge in [-0.25, -0.2) is 9.97 Å². The molecule has 9 heterocycles.